The standard InChI is InChI=1S/C37H37N3O5S/c1-24-34(23-46-17-16-41)44-37(45-35(24)27-14-12-25(22-42)13-15-27)30-9-5-8-29(19-30)28-7-4-6-26(18-28)20-39-36(43)33-21-38-31-10-2-3-11-32(31)40-33/h2-15,18-19,21,24,34-35,37,41-42H,16-17,20,22-23H2,1H3,(H,39,43)/t24-,34+,35+,37+/m0/s1. The minimum atomic E-state index is -0.580. The van der Waals surface area contributed by atoms with Crippen LogP contribution in [0.1, 0.15) is 52.1 Å². The van der Waals surface area contributed by atoms with Crippen molar-refractivity contribution < 1.29 is 24.5 Å². The lowest BCUT2D eigenvalue weighted by atomic mass is 9.91. The Morgan fingerprint density at radius 3 is 2.39 bits per heavy atom. The van der Waals surface area contributed by atoms with Crippen LogP contribution in [0.4, 0.5) is 0 Å². The Bertz CT molecular complexity index is 1780. The number of thioether (sulfide) groups is 1. The van der Waals surface area contributed by atoms with E-state index in [1.165, 1.54) is 6.20 Å². The molecule has 0 spiro atoms. The topological polar surface area (TPSA) is 114 Å². The van der Waals surface area contributed by atoms with Crippen molar-refractivity contribution in [1.82, 2.24) is 15.3 Å². The molecule has 1 aromatic heterocycles. The monoisotopic (exact) mass is 635 g/mol. The summed E-state index contributed by atoms with van der Waals surface area (Å²) in [6.07, 6.45) is 0.638. The second-order valence-corrected chi connectivity index (χ2v) is 12.5. The number of amides is 1. The first kappa shape index (κ1) is 31.8. The van der Waals surface area contributed by atoms with Crippen molar-refractivity contribution in [3.8, 4) is 11.1 Å². The van der Waals surface area contributed by atoms with Gasteiger partial charge in [0.15, 0.2) is 6.29 Å². The average Bonchev–Trinajstić information content (AvgIpc) is 3.11. The Morgan fingerprint density at radius 2 is 1.61 bits per heavy atom. The van der Waals surface area contributed by atoms with Gasteiger partial charge in [0.25, 0.3) is 5.91 Å². The van der Waals surface area contributed by atoms with Crippen LogP contribution in [0.25, 0.3) is 22.2 Å². The molecule has 0 saturated carbocycles. The highest BCUT2D eigenvalue weighted by atomic mass is 32.2. The summed E-state index contributed by atoms with van der Waals surface area (Å²) in [6, 6.07) is 31.6. The van der Waals surface area contributed by atoms with Crippen LogP contribution in [0, 0.1) is 5.92 Å². The molecule has 0 aliphatic carbocycles. The first-order chi connectivity index (χ1) is 22.5. The van der Waals surface area contributed by atoms with Crippen LogP contribution < -0.4 is 5.32 Å². The predicted octanol–water partition coefficient (Wildman–Crippen LogP) is 6.24. The van der Waals surface area contributed by atoms with E-state index in [-0.39, 0.29) is 42.9 Å². The number of aliphatic hydroxyl groups excluding tert-OH is 2. The predicted molar refractivity (Wildman–Crippen MR) is 180 cm³/mol. The number of nitrogens with zero attached hydrogens (tertiary/aromatic N) is 2. The number of benzene rings is 4. The summed E-state index contributed by atoms with van der Waals surface area (Å²) >= 11 is 1.67. The molecule has 0 radical (unpaired) electrons. The molecule has 1 saturated heterocycles. The molecule has 4 atom stereocenters. The molecule has 1 fully saturated rings. The summed E-state index contributed by atoms with van der Waals surface area (Å²) < 4.78 is 13.2. The lowest BCUT2D eigenvalue weighted by Gasteiger charge is -2.41. The third-order valence-corrected chi connectivity index (χ3v) is 9.23. The molecule has 1 aliphatic heterocycles. The molecule has 1 amide bonds. The van der Waals surface area contributed by atoms with Crippen molar-refractivity contribution in [3.05, 3.63) is 131 Å². The van der Waals surface area contributed by atoms with Crippen molar-refractivity contribution in [2.45, 2.75) is 38.6 Å². The molecule has 3 N–H and O–H groups in total. The van der Waals surface area contributed by atoms with Crippen molar-refractivity contribution in [1.29, 1.82) is 0 Å². The summed E-state index contributed by atoms with van der Waals surface area (Å²) in [6.45, 7) is 2.60. The number of para-hydroxylation sites is 2. The van der Waals surface area contributed by atoms with E-state index in [4.69, 9.17) is 9.47 Å². The zero-order valence-corrected chi connectivity index (χ0v) is 26.4. The van der Waals surface area contributed by atoms with Crippen LogP contribution in [-0.4, -0.2) is 50.3 Å². The second kappa shape index (κ2) is 15.0. The van der Waals surface area contributed by atoms with Gasteiger partial charge < -0.3 is 25.0 Å². The van der Waals surface area contributed by atoms with Crippen LogP contribution in [0.15, 0.2) is 103 Å². The zero-order valence-electron chi connectivity index (χ0n) is 25.6. The van der Waals surface area contributed by atoms with E-state index >= 15 is 0 Å². The van der Waals surface area contributed by atoms with Crippen LogP contribution in [-0.2, 0) is 22.6 Å². The number of hydrogen-bond donors (Lipinski definition) is 3. The van der Waals surface area contributed by atoms with E-state index in [2.05, 4.69) is 40.4 Å². The number of fused-ring (bicyclic) bond motifs is 1. The largest absolute Gasteiger partial charge is 0.396 e. The summed E-state index contributed by atoms with van der Waals surface area (Å²) in [5.74, 6) is 1.19. The Morgan fingerprint density at radius 1 is 0.848 bits per heavy atom. The van der Waals surface area contributed by atoms with Crippen molar-refractivity contribution >= 4 is 28.7 Å². The normalized spacial score (nSPS) is 19.6. The smallest absolute Gasteiger partial charge is 0.271 e. The number of rotatable bonds is 11. The molecule has 8 nitrogen and oxygen atoms in total. The molecule has 6 rings (SSSR count). The number of aliphatic hydroxyl groups is 2. The minimum absolute atomic E-state index is 0.00693. The molecule has 0 unspecified atom stereocenters. The lowest BCUT2D eigenvalue weighted by molar-refractivity contribution is -0.268. The molecule has 9 heteroatoms. The number of hydrogen-bond acceptors (Lipinski definition) is 8. The van der Waals surface area contributed by atoms with Gasteiger partial charge in [-0.25, -0.2) is 4.98 Å². The molecule has 0 bridgehead atoms. The second-order valence-electron chi connectivity index (χ2n) is 11.4. The highest BCUT2D eigenvalue weighted by Crippen LogP contribution is 2.43. The van der Waals surface area contributed by atoms with Gasteiger partial charge in [-0.05, 0) is 52.1 Å². The molecular formula is C37H37N3O5S. The maximum atomic E-state index is 12.9. The van der Waals surface area contributed by atoms with E-state index < -0.39 is 6.29 Å². The Balaban J connectivity index is 1.19. The van der Waals surface area contributed by atoms with Crippen LogP contribution in [0.5, 0.6) is 0 Å². The molecule has 5 aromatic rings. The zero-order chi connectivity index (χ0) is 31.9. The Labute approximate surface area is 272 Å². The van der Waals surface area contributed by atoms with Gasteiger partial charge in [-0.15, -0.1) is 0 Å². The molecular weight excluding hydrogens is 598 g/mol. The fraction of sp³-hybridized carbons (Fsp3) is 0.270. The van der Waals surface area contributed by atoms with Crippen molar-refractivity contribution in [3.63, 3.8) is 0 Å². The van der Waals surface area contributed by atoms with Gasteiger partial charge in [-0.2, -0.15) is 11.8 Å². The van der Waals surface area contributed by atoms with Crippen molar-refractivity contribution in [2.75, 3.05) is 18.1 Å². The summed E-state index contributed by atoms with van der Waals surface area (Å²) in [7, 11) is 0. The summed E-state index contributed by atoms with van der Waals surface area (Å²) in [5.41, 5.74) is 7.47. The van der Waals surface area contributed by atoms with E-state index in [9.17, 15) is 15.0 Å². The Hall–Kier alpha value is -4.12. The van der Waals surface area contributed by atoms with E-state index in [0.717, 1.165) is 44.7 Å². The van der Waals surface area contributed by atoms with E-state index in [1.54, 1.807) is 11.8 Å². The number of carbonyl (C=O) groups excluding carboxylic acids is 1. The minimum Gasteiger partial charge on any atom is -0.396 e. The van der Waals surface area contributed by atoms with Gasteiger partial charge >= 0.3 is 0 Å². The third kappa shape index (κ3) is 7.46. The van der Waals surface area contributed by atoms with Crippen LogP contribution in [0.3, 0.4) is 0 Å². The van der Waals surface area contributed by atoms with Crippen LogP contribution >= 0.6 is 11.8 Å². The van der Waals surface area contributed by atoms with E-state index in [1.807, 2.05) is 78.9 Å². The van der Waals surface area contributed by atoms with Gasteiger partial charge in [0.2, 0.25) is 0 Å². The molecule has 4 aromatic carbocycles. The van der Waals surface area contributed by atoms with Crippen LogP contribution in [0.2, 0.25) is 0 Å². The average molecular weight is 636 g/mol. The molecule has 46 heavy (non-hydrogen) atoms. The lowest BCUT2D eigenvalue weighted by Crippen LogP contribution is -2.38. The number of nitrogens with one attached hydrogen (secondary N) is 1. The Kier molecular flexibility index (Phi) is 10.4. The SMILES string of the molecule is C[C@H]1[C@@H](CSCCO)O[C@@H](c2cccc(-c3cccc(CNC(=O)c4cnc5ccccc5n4)c3)c2)O[C@H]1c1ccc(CO)cc1. The fourth-order valence-electron chi connectivity index (χ4n) is 5.64. The highest BCUT2D eigenvalue weighted by molar-refractivity contribution is 7.99. The van der Waals surface area contributed by atoms with E-state index in [0.29, 0.717) is 17.8 Å². The maximum absolute atomic E-state index is 12.9. The summed E-state index contributed by atoms with van der Waals surface area (Å²) in [5, 5.41) is 21.8. The third-order valence-electron chi connectivity index (χ3n) is 8.19. The van der Waals surface area contributed by atoms with Crippen molar-refractivity contribution in [2.24, 2.45) is 5.92 Å². The first-order valence-electron chi connectivity index (χ1n) is 15.4. The van der Waals surface area contributed by atoms with Gasteiger partial charge in [0.05, 0.1) is 42.7 Å². The fourth-order valence-corrected chi connectivity index (χ4v) is 6.55. The van der Waals surface area contributed by atoms with Gasteiger partial charge in [-0.3, -0.25) is 9.78 Å². The maximum Gasteiger partial charge on any atom is 0.271 e. The number of ether oxygens (including phenoxy) is 2. The highest BCUT2D eigenvalue weighted by Gasteiger charge is 2.38. The van der Waals surface area contributed by atoms with Gasteiger partial charge in [0, 0.05) is 29.5 Å². The molecule has 1 aliphatic rings. The first-order valence-corrected chi connectivity index (χ1v) is 16.6. The quantitative estimate of drug-likeness (QED) is 0.146. The van der Waals surface area contributed by atoms with Gasteiger partial charge in [0.1, 0.15) is 5.69 Å². The summed E-state index contributed by atoms with van der Waals surface area (Å²) in [4.78, 5) is 21.7. The number of carbonyl (C=O) groups is 1. The molecule has 2 heterocycles. The van der Waals surface area contributed by atoms with Gasteiger partial charge in [-0.1, -0.05) is 79.7 Å². The number of aromatic nitrogens is 2. The molecule has 236 valence electrons.